The van der Waals surface area contributed by atoms with Crippen molar-refractivity contribution in [1.82, 2.24) is 0 Å². The van der Waals surface area contributed by atoms with Crippen LogP contribution in [-0.2, 0) is 20.7 Å². The number of esters is 2. The standard InChI is InChI=1S/C15H20O4/c1-3-18-14(16)10-6-8-12-7-5-9-13(11-12)15(17)19-4-2/h5,7,9,11H,3-4,6,8,10H2,1-2H3. The first kappa shape index (κ1) is 15.2. The number of carbonyl (C=O) groups is 2. The van der Waals surface area contributed by atoms with Crippen LogP contribution in [0.25, 0.3) is 0 Å². The molecule has 104 valence electrons. The van der Waals surface area contributed by atoms with Crippen LogP contribution in [0.2, 0.25) is 0 Å². The summed E-state index contributed by atoms with van der Waals surface area (Å²) in [6, 6.07) is 7.30. The maximum atomic E-state index is 11.6. The van der Waals surface area contributed by atoms with E-state index in [-0.39, 0.29) is 11.9 Å². The van der Waals surface area contributed by atoms with Gasteiger partial charge in [-0.3, -0.25) is 4.79 Å². The van der Waals surface area contributed by atoms with E-state index in [1.165, 1.54) is 0 Å². The molecule has 0 unspecified atom stereocenters. The van der Waals surface area contributed by atoms with E-state index < -0.39 is 0 Å². The molecule has 19 heavy (non-hydrogen) atoms. The molecule has 0 atom stereocenters. The second-order valence-corrected chi connectivity index (χ2v) is 4.08. The molecule has 1 aromatic carbocycles. The van der Waals surface area contributed by atoms with Crippen LogP contribution in [0.4, 0.5) is 0 Å². The predicted molar refractivity (Wildman–Crippen MR) is 72.0 cm³/mol. The third-order valence-electron chi connectivity index (χ3n) is 2.59. The average molecular weight is 264 g/mol. The van der Waals surface area contributed by atoms with Crippen molar-refractivity contribution < 1.29 is 19.1 Å². The van der Waals surface area contributed by atoms with Gasteiger partial charge in [0.15, 0.2) is 0 Å². The van der Waals surface area contributed by atoms with Crippen LogP contribution in [0.15, 0.2) is 24.3 Å². The van der Waals surface area contributed by atoms with Gasteiger partial charge < -0.3 is 9.47 Å². The molecule has 0 spiro atoms. The lowest BCUT2D eigenvalue weighted by molar-refractivity contribution is -0.143. The number of benzene rings is 1. The lowest BCUT2D eigenvalue weighted by Crippen LogP contribution is -2.06. The summed E-state index contributed by atoms with van der Waals surface area (Å²) in [5.41, 5.74) is 1.57. The van der Waals surface area contributed by atoms with Crippen molar-refractivity contribution in [2.45, 2.75) is 33.1 Å². The van der Waals surface area contributed by atoms with Gasteiger partial charge >= 0.3 is 11.9 Å². The van der Waals surface area contributed by atoms with Gasteiger partial charge in [-0.1, -0.05) is 12.1 Å². The third kappa shape index (κ3) is 5.55. The van der Waals surface area contributed by atoms with E-state index in [1.807, 2.05) is 18.2 Å². The summed E-state index contributed by atoms with van der Waals surface area (Å²) in [6.45, 7) is 4.35. The fourth-order valence-electron chi connectivity index (χ4n) is 1.74. The molecule has 0 amide bonds. The van der Waals surface area contributed by atoms with Crippen LogP contribution in [0, 0.1) is 0 Å². The van der Waals surface area contributed by atoms with Crippen LogP contribution >= 0.6 is 0 Å². The highest BCUT2D eigenvalue weighted by Crippen LogP contribution is 2.10. The molecule has 0 heterocycles. The van der Waals surface area contributed by atoms with E-state index >= 15 is 0 Å². The molecule has 0 radical (unpaired) electrons. The second kappa shape index (κ2) is 8.29. The van der Waals surface area contributed by atoms with Crippen LogP contribution in [-0.4, -0.2) is 25.2 Å². The molecule has 0 aliphatic carbocycles. The molecule has 0 saturated carbocycles. The minimum atomic E-state index is -0.310. The molecular formula is C15H20O4. The number of carbonyl (C=O) groups excluding carboxylic acids is 2. The molecule has 0 aliphatic heterocycles. The van der Waals surface area contributed by atoms with Gasteiger partial charge in [-0.15, -0.1) is 0 Å². The van der Waals surface area contributed by atoms with E-state index in [1.54, 1.807) is 19.9 Å². The molecule has 0 fully saturated rings. The predicted octanol–water partition coefficient (Wildman–Crippen LogP) is 2.75. The zero-order chi connectivity index (χ0) is 14.1. The van der Waals surface area contributed by atoms with Gasteiger partial charge in [-0.25, -0.2) is 4.79 Å². The molecule has 0 aliphatic rings. The van der Waals surface area contributed by atoms with Gasteiger partial charge in [-0.05, 0) is 44.4 Å². The van der Waals surface area contributed by atoms with Gasteiger partial charge in [0.2, 0.25) is 0 Å². The molecule has 0 aromatic heterocycles. The summed E-state index contributed by atoms with van der Waals surface area (Å²) in [6.07, 6.45) is 1.86. The first-order valence-electron chi connectivity index (χ1n) is 6.59. The Morgan fingerprint density at radius 1 is 1.11 bits per heavy atom. The quantitative estimate of drug-likeness (QED) is 0.711. The number of aryl methyl sites for hydroxylation is 1. The zero-order valence-electron chi connectivity index (χ0n) is 11.5. The largest absolute Gasteiger partial charge is 0.466 e. The maximum Gasteiger partial charge on any atom is 0.338 e. The summed E-state index contributed by atoms with van der Waals surface area (Å²) < 4.78 is 9.81. The Kier molecular flexibility index (Phi) is 6.64. The summed E-state index contributed by atoms with van der Waals surface area (Å²) in [5, 5.41) is 0. The molecule has 4 nitrogen and oxygen atoms in total. The van der Waals surface area contributed by atoms with Crippen molar-refractivity contribution in [3.05, 3.63) is 35.4 Å². The van der Waals surface area contributed by atoms with Gasteiger partial charge in [0.1, 0.15) is 0 Å². The van der Waals surface area contributed by atoms with Crippen LogP contribution < -0.4 is 0 Å². The molecule has 0 saturated heterocycles. The fourth-order valence-corrected chi connectivity index (χ4v) is 1.74. The van der Waals surface area contributed by atoms with Crippen molar-refractivity contribution >= 4 is 11.9 Å². The Hall–Kier alpha value is -1.84. The van der Waals surface area contributed by atoms with Crippen LogP contribution in [0.1, 0.15) is 42.6 Å². The lowest BCUT2D eigenvalue weighted by atomic mass is 10.1. The van der Waals surface area contributed by atoms with E-state index in [9.17, 15) is 9.59 Å². The van der Waals surface area contributed by atoms with Gasteiger partial charge in [-0.2, -0.15) is 0 Å². The molecule has 4 heteroatoms. The van der Waals surface area contributed by atoms with Crippen LogP contribution in [0.3, 0.4) is 0 Å². The minimum absolute atomic E-state index is 0.177. The SMILES string of the molecule is CCOC(=O)CCCc1cccc(C(=O)OCC)c1. The molecule has 1 rings (SSSR count). The molecule has 0 N–H and O–H groups in total. The van der Waals surface area contributed by atoms with Gasteiger partial charge in [0.05, 0.1) is 18.8 Å². The highest BCUT2D eigenvalue weighted by Gasteiger charge is 2.07. The highest BCUT2D eigenvalue weighted by atomic mass is 16.5. The number of hydrogen-bond acceptors (Lipinski definition) is 4. The summed E-state index contributed by atoms with van der Waals surface area (Å²) in [4.78, 5) is 22.8. The Balaban J connectivity index is 2.48. The summed E-state index contributed by atoms with van der Waals surface area (Å²) in [7, 11) is 0. The smallest absolute Gasteiger partial charge is 0.338 e. The zero-order valence-corrected chi connectivity index (χ0v) is 11.5. The van der Waals surface area contributed by atoms with E-state index in [0.29, 0.717) is 31.6 Å². The van der Waals surface area contributed by atoms with E-state index in [4.69, 9.17) is 9.47 Å². The molecule has 1 aromatic rings. The summed E-state index contributed by atoms with van der Waals surface area (Å²) in [5.74, 6) is -0.487. The highest BCUT2D eigenvalue weighted by molar-refractivity contribution is 5.89. The Bertz CT molecular complexity index is 426. The van der Waals surface area contributed by atoms with E-state index in [0.717, 1.165) is 12.0 Å². The Morgan fingerprint density at radius 3 is 2.53 bits per heavy atom. The van der Waals surface area contributed by atoms with Crippen molar-refractivity contribution in [1.29, 1.82) is 0 Å². The fraction of sp³-hybridized carbons (Fsp3) is 0.467. The first-order chi connectivity index (χ1) is 9.17. The van der Waals surface area contributed by atoms with Crippen LogP contribution in [0.5, 0.6) is 0 Å². The molecule has 0 bridgehead atoms. The summed E-state index contributed by atoms with van der Waals surface area (Å²) >= 11 is 0. The van der Waals surface area contributed by atoms with Crippen molar-refractivity contribution in [2.24, 2.45) is 0 Å². The first-order valence-corrected chi connectivity index (χ1v) is 6.59. The van der Waals surface area contributed by atoms with Gasteiger partial charge in [0, 0.05) is 6.42 Å². The normalized spacial score (nSPS) is 10.0. The maximum absolute atomic E-state index is 11.6. The number of rotatable bonds is 7. The third-order valence-corrected chi connectivity index (χ3v) is 2.59. The minimum Gasteiger partial charge on any atom is -0.466 e. The topological polar surface area (TPSA) is 52.6 Å². The van der Waals surface area contributed by atoms with Crippen molar-refractivity contribution in [3.63, 3.8) is 0 Å². The van der Waals surface area contributed by atoms with Crippen molar-refractivity contribution in [2.75, 3.05) is 13.2 Å². The molecular weight excluding hydrogens is 244 g/mol. The second-order valence-electron chi connectivity index (χ2n) is 4.08. The Morgan fingerprint density at radius 2 is 1.84 bits per heavy atom. The lowest BCUT2D eigenvalue weighted by Gasteiger charge is -2.05. The van der Waals surface area contributed by atoms with E-state index in [2.05, 4.69) is 0 Å². The van der Waals surface area contributed by atoms with Crippen molar-refractivity contribution in [3.8, 4) is 0 Å². The van der Waals surface area contributed by atoms with Gasteiger partial charge in [0.25, 0.3) is 0 Å². The monoisotopic (exact) mass is 264 g/mol. The number of hydrogen-bond donors (Lipinski definition) is 0. The number of ether oxygens (including phenoxy) is 2. The Labute approximate surface area is 113 Å². The average Bonchev–Trinajstić information content (AvgIpc) is 2.40.